The van der Waals surface area contributed by atoms with Crippen molar-refractivity contribution in [2.24, 2.45) is 5.73 Å². The first-order valence-electron chi connectivity index (χ1n) is 6.68. The average Bonchev–Trinajstić information content (AvgIpc) is 2.56. The first-order valence-corrected chi connectivity index (χ1v) is 6.68. The Balaban J connectivity index is 2.63. The van der Waals surface area contributed by atoms with Gasteiger partial charge in [0, 0.05) is 12.1 Å². The van der Waals surface area contributed by atoms with E-state index in [0.717, 1.165) is 5.56 Å². The molecule has 1 amide bonds. The molecule has 1 aromatic heterocycles. The van der Waals surface area contributed by atoms with Crippen molar-refractivity contribution in [2.75, 3.05) is 0 Å². The van der Waals surface area contributed by atoms with E-state index in [0.29, 0.717) is 0 Å². The number of amides is 1. The highest BCUT2D eigenvalue weighted by atomic mass is 16.1. The molecule has 0 aliphatic carbocycles. The largest absolute Gasteiger partial charge is 0.364 e. The number of pyridine rings is 1. The molecule has 2 atom stereocenters. The number of primary amides is 1. The van der Waals surface area contributed by atoms with Crippen molar-refractivity contribution < 1.29 is 9.36 Å². The smallest absolute Gasteiger partial charge is 0.287 e. The number of carbonyl (C=O) groups excluding carboxylic acids is 1. The SMILES string of the molecule is N#CC(=C=N)C(c1ccccc1)C(C(N)=O)[n+]1ccccc1. The van der Waals surface area contributed by atoms with Crippen molar-refractivity contribution in [2.45, 2.75) is 12.0 Å². The van der Waals surface area contributed by atoms with Crippen LogP contribution in [0.4, 0.5) is 0 Å². The monoisotopic (exact) mass is 291 g/mol. The summed E-state index contributed by atoms with van der Waals surface area (Å²) in [4.78, 5) is 12.0. The molecule has 0 saturated heterocycles. The predicted octanol–water partition coefficient (Wildman–Crippen LogP) is 1.48. The third-order valence-corrected chi connectivity index (χ3v) is 3.39. The van der Waals surface area contributed by atoms with Crippen LogP contribution < -0.4 is 10.3 Å². The minimum atomic E-state index is -0.809. The topological polar surface area (TPSA) is 94.6 Å². The Morgan fingerprint density at radius 3 is 2.23 bits per heavy atom. The number of carbonyl (C=O) groups is 1. The second-order valence-electron chi connectivity index (χ2n) is 4.71. The zero-order chi connectivity index (χ0) is 15.9. The van der Waals surface area contributed by atoms with E-state index < -0.39 is 17.9 Å². The van der Waals surface area contributed by atoms with Gasteiger partial charge in [0.15, 0.2) is 12.4 Å². The summed E-state index contributed by atoms with van der Waals surface area (Å²) in [7, 11) is 0. The highest BCUT2D eigenvalue weighted by Crippen LogP contribution is 2.30. The molecule has 2 rings (SSSR count). The molecule has 0 bridgehead atoms. The number of hydrogen-bond donors (Lipinski definition) is 2. The third-order valence-electron chi connectivity index (χ3n) is 3.39. The molecule has 0 aliphatic heterocycles. The van der Waals surface area contributed by atoms with Crippen LogP contribution >= 0.6 is 0 Å². The minimum absolute atomic E-state index is 0.0614. The van der Waals surface area contributed by atoms with Crippen molar-refractivity contribution >= 4 is 11.8 Å². The van der Waals surface area contributed by atoms with Gasteiger partial charge in [-0.1, -0.05) is 36.4 Å². The summed E-state index contributed by atoms with van der Waals surface area (Å²) in [5.74, 6) is 0.905. The molecule has 0 fully saturated rings. The summed E-state index contributed by atoms with van der Waals surface area (Å²) in [5.41, 5.74) is 6.38. The molecule has 3 N–H and O–H groups in total. The summed E-state index contributed by atoms with van der Waals surface area (Å²) in [5, 5.41) is 16.7. The molecule has 2 unspecified atom stereocenters. The molecule has 0 saturated carbocycles. The van der Waals surface area contributed by atoms with Crippen LogP contribution in [-0.4, -0.2) is 11.8 Å². The number of rotatable bonds is 5. The van der Waals surface area contributed by atoms with Crippen LogP contribution in [0.2, 0.25) is 0 Å². The Kier molecular flexibility index (Phi) is 4.81. The van der Waals surface area contributed by atoms with Crippen molar-refractivity contribution in [3.8, 4) is 6.07 Å². The fourth-order valence-corrected chi connectivity index (χ4v) is 2.42. The molecule has 0 aliphatic rings. The van der Waals surface area contributed by atoms with Crippen LogP contribution in [0.25, 0.3) is 0 Å². The summed E-state index contributed by atoms with van der Waals surface area (Å²) < 4.78 is 1.65. The van der Waals surface area contributed by atoms with E-state index in [9.17, 15) is 10.1 Å². The highest BCUT2D eigenvalue weighted by molar-refractivity contribution is 5.80. The lowest BCUT2D eigenvalue weighted by Crippen LogP contribution is -2.49. The molecule has 0 radical (unpaired) electrons. The van der Waals surface area contributed by atoms with Crippen molar-refractivity contribution in [3.63, 3.8) is 0 Å². The predicted molar refractivity (Wildman–Crippen MR) is 80.9 cm³/mol. The third kappa shape index (κ3) is 3.09. The second kappa shape index (κ2) is 6.98. The summed E-state index contributed by atoms with van der Waals surface area (Å²) >= 11 is 0. The number of aromatic nitrogens is 1. The molecule has 0 spiro atoms. The maximum absolute atomic E-state index is 12.0. The lowest BCUT2D eigenvalue weighted by atomic mass is 9.85. The molecule has 1 heterocycles. The van der Waals surface area contributed by atoms with Gasteiger partial charge in [-0.2, -0.15) is 9.83 Å². The first-order chi connectivity index (χ1) is 10.7. The number of nitrogens with zero attached hydrogens (tertiary/aromatic N) is 2. The van der Waals surface area contributed by atoms with Gasteiger partial charge in [0.1, 0.15) is 11.6 Å². The van der Waals surface area contributed by atoms with Gasteiger partial charge in [-0.15, -0.1) is 0 Å². The molecular formula is C17H15N4O+. The summed E-state index contributed by atoms with van der Waals surface area (Å²) in [6, 6.07) is 15.6. The Labute approximate surface area is 128 Å². The maximum atomic E-state index is 12.0. The van der Waals surface area contributed by atoms with E-state index in [1.54, 1.807) is 41.2 Å². The lowest BCUT2D eigenvalue weighted by molar-refractivity contribution is -0.711. The maximum Gasteiger partial charge on any atom is 0.287 e. The number of nitrogens with one attached hydrogen (secondary N) is 1. The molecule has 5 nitrogen and oxygen atoms in total. The van der Waals surface area contributed by atoms with Gasteiger partial charge in [-0.3, -0.25) is 10.2 Å². The molecule has 5 heteroatoms. The van der Waals surface area contributed by atoms with E-state index in [1.807, 2.05) is 30.3 Å². The molecule has 1 aromatic carbocycles. The fraction of sp³-hybridized carbons (Fsp3) is 0.118. The molecule has 108 valence electrons. The minimum Gasteiger partial charge on any atom is -0.364 e. The van der Waals surface area contributed by atoms with Gasteiger partial charge >= 0.3 is 0 Å². The number of benzene rings is 1. The summed E-state index contributed by atoms with van der Waals surface area (Å²) in [6.07, 6.45) is 3.43. The highest BCUT2D eigenvalue weighted by Gasteiger charge is 2.38. The Bertz CT molecular complexity index is 743. The Morgan fingerprint density at radius 2 is 1.73 bits per heavy atom. The van der Waals surface area contributed by atoms with Crippen LogP contribution in [0.15, 0.2) is 66.5 Å². The number of hydrogen-bond acceptors (Lipinski definition) is 3. The molecule has 2 aromatic rings. The fourth-order valence-electron chi connectivity index (χ4n) is 2.42. The first kappa shape index (κ1) is 15.2. The number of nitriles is 1. The van der Waals surface area contributed by atoms with Crippen molar-refractivity contribution in [3.05, 3.63) is 72.1 Å². The van der Waals surface area contributed by atoms with E-state index in [2.05, 4.69) is 5.87 Å². The molecule has 22 heavy (non-hydrogen) atoms. The van der Waals surface area contributed by atoms with Gasteiger partial charge in [0.25, 0.3) is 5.91 Å². The van der Waals surface area contributed by atoms with Crippen LogP contribution in [-0.2, 0) is 4.79 Å². The van der Waals surface area contributed by atoms with Gasteiger partial charge in [-0.25, -0.2) is 0 Å². The van der Waals surface area contributed by atoms with E-state index in [-0.39, 0.29) is 5.57 Å². The average molecular weight is 291 g/mol. The van der Waals surface area contributed by atoms with E-state index >= 15 is 0 Å². The normalized spacial score (nSPS) is 12.5. The lowest BCUT2D eigenvalue weighted by Gasteiger charge is -2.19. The van der Waals surface area contributed by atoms with Gasteiger partial charge in [0.2, 0.25) is 6.04 Å². The second-order valence-corrected chi connectivity index (χ2v) is 4.71. The zero-order valence-corrected chi connectivity index (χ0v) is 11.8. The standard InChI is InChI=1S/C17H14N4O/c18-11-14(12-19)15(13-7-3-1-4-8-13)16(17(20)22)21-9-5-2-6-10-21/h1-10,15-16,18H,(H-,20,22)/p+1. The van der Waals surface area contributed by atoms with Crippen LogP contribution in [0.1, 0.15) is 17.5 Å². The number of allylic oxidation sites excluding steroid dienone is 1. The van der Waals surface area contributed by atoms with Crippen molar-refractivity contribution in [1.29, 1.82) is 10.7 Å². The van der Waals surface area contributed by atoms with Gasteiger partial charge in [0.05, 0.1) is 5.92 Å². The summed E-state index contributed by atoms with van der Waals surface area (Å²) in [6.45, 7) is 0. The van der Waals surface area contributed by atoms with Crippen LogP contribution in [0.5, 0.6) is 0 Å². The van der Waals surface area contributed by atoms with Crippen LogP contribution in [0.3, 0.4) is 0 Å². The Morgan fingerprint density at radius 1 is 1.14 bits per heavy atom. The quantitative estimate of drug-likeness (QED) is 0.496. The van der Waals surface area contributed by atoms with E-state index in [1.165, 1.54) is 0 Å². The number of nitrogens with two attached hydrogens (primary N) is 1. The van der Waals surface area contributed by atoms with E-state index in [4.69, 9.17) is 11.1 Å². The zero-order valence-electron chi connectivity index (χ0n) is 11.8. The van der Waals surface area contributed by atoms with Crippen molar-refractivity contribution in [1.82, 2.24) is 0 Å². The van der Waals surface area contributed by atoms with Gasteiger partial charge < -0.3 is 5.73 Å². The van der Waals surface area contributed by atoms with Crippen LogP contribution in [0, 0.1) is 16.7 Å². The molecular weight excluding hydrogens is 276 g/mol. The Hall–Kier alpha value is -3.22. The van der Waals surface area contributed by atoms with Gasteiger partial charge in [-0.05, 0) is 11.4 Å².